The molecular weight excluding hydrogens is 174 g/mol. The fourth-order valence-corrected chi connectivity index (χ4v) is 0.838. The van der Waals surface area contributed by atoms with Crippen molar-refractivity contribution in [3.8, 4) is 0 Å². The van der Waals surface area contributed by atoms with E-state index in [1.54, 1.807) is 0 Å². The molecule has 1 rings (SSSR count). The second-order valence-corrected chi connectivity index (χ2v) is 2.22. The quantitative estimate of drug-likeness (QED) is 0.700. The molecule has 3 nitrogen and oxygen atoms in total. The summed E-state index contributed by atoms with van der Waals surface area (Å²) in [7, 11) is 1.81. The van der Waals surface area contributed by atoms with Crippen LogP contribution in [0.1, 0.15) is 25.2 Å². The monoisotopic (exact) mass is 195 g/mol. The first-order valence-electron chi connectivity index (χ1n) is 4.72. The van der Waals surface area contributed by atoms with Crippen molar-refractivity contribution in [2.45, 2.75) is 27.7 Å². The number of nitrogens with one attached hydrogen (secondary N) is 1. The van der Waals surface area contributed by atoms with Crippen molar-refractivity contribution in [1.29, 1.82) is 0 Å². The van der Waals surface area contributed by atoms with Crippen LogP contribution in [0.2, 0.25) is 0 Å². The highest BCUT2D eigenvalue weighted by molar-refractivity contribution is 5.26. The summed E-state index contributed by atoms with van der Waals surface area (Å²) in [6, 6.07) is 1.95. The van der Waals surface area contributed by atoms with E-state index in [1.165, 1.54) is 0 Å². The summed E-state index contributed by atoms with van der Waals surface area (Å²) in [5.74, 6) is 0.692. The number of aromatic nitrogens is 2. The molecule has 1 heterocycles. The second-order valence-electron chi connectivity index (χ2n) is 2.22. The van der Waals surface area contributed by atoms with Gasteiger partial charge in [-0.3, -0.25) is 0 Å². The molecule has 1 N–H and O–H groups in total. The van der Waals surface area contributed by atoms with Gasteiger partial charge in [0.05, 0.1) is 0 Å². The third kappa shape index (κ3) is 6.17. The van der Waals surface area contributed by atoms with Crippen LogP contribution in [0.3, 0.4) is 0 Å². The van der Waals surface area contributed by atoms with E-state index in [0.29, 0.717) is 5.95 Å². The Balaban J connectivity index is 0. The van der Waals surface area contributed by atoms with Crippen molar-refractivity contribution >= 4 is 5.95 Å². The van der Waals surface area contributed by atoms with Crippen LogP contribution in [0, 0.1) is 13.8 Å². The molecule has 14 heavy (non-hydrogen) atoms. The van der Waals surface area contributed by atoms with Gasteiger partial charge in [0.2, 0.25) is 5.95 Å². The first kappa shape index (κ1) is 15.1. The van der Waals surface area contributed by atoms with Crippen LogP contribution in [0.15, 0.2) is 19.2 Å². The maximum atomic E-state index is 4.13. The zero-order valence-electron chi connectivity index (χ0n) is 9.89. The summed E-state index contributed by atoms with van der Waals surface area (Å²) in [5, 5.41) is 2.89. The van der Waals surface area contributed by atoms with Gasteiger partial charge < -0.3 is 5.32 Å². The van der Waals surface area contributed by atoms with Gasteiger partial charge in [0.1, 0.15) is 0 Å². The molecule has 0 aliphatic carbocycles. The lowest BCUT2D eigenvalue weighted by molar-refractivity contribution is 1.05. The van der Waals surface area contributed by atoms with Gasteiger partial charge in [0.15, 0.2) is 0 Å². The molecule has 1 aromatic heterocycles. The first-order chi connectivity index (χ1) is 6.72. The molecule has 0 spiro atoms. The molecule has 1 aromatic rings. The third-order valence-corrected chi connectivity index (χ3v) is 1.21. The minimum atomic E-state index is 0.692. The SMILES string of the molecule is C=C.CC.CNc1nc(C)cc(C)n1. The van der Waals surface area contributed by atoms with Crippen molar-refractivity contribution < 1.29 is 0 Å². The number of aryl methyl sites for hydroxylation is 2. The number of anilines is 1. The van der Waals surface area contributed by atoms with Crippen LogP contribution >= 0.6 is 0 Å². The van der Waals surface area contributed by atoms with Crippen molar-refractivity contribution in [2.24, 2.45) is 0 Å². The highest BCUT2D eigenvalue weighted by Crippen LogP contribution is 2.01. The molecule has 0 aromatic carbocycles. The fraction of sp³-hybridized carbons (Fsp3) is 0.455. The summed E-state index contributed by atoms with van der Waals surface area (Å²) in [6.07, 6.45) is 0. The number of hydrogen-bond donors (Lipinski definition) is 1. The number of hydrogen-bond acceptors (Lipinski definition) is 3. The van der Waals surface area contributed by atoms with E-state index in [1.807, 2.05) is 40.8 Å². The molecule has 0 aliphatic rings. The van der Waals surface area contributed by atoms with Crippen molar-refractivity contribution in [1.82, 2.24) is 9.97 Å². The molecular formula is C11H21N3. The Morgan fingerprint density at radius 1 is 1.07 bits per heavy atom. The van der Waals surface area contributed by atoms with Crippen LogP contribution < -0.4 is 5.32 Å². The third-order valence-electron chi connectivity index (χ3n) is 1.21. The summed E-state index contributed by atoms with van der Waals surface area (Å²) in [4.78, 5) is 8.26. The van der Waals surface area contributed by atoms with Gasteiger partial charge in [-0.1, -0.05) is 13.8 Å². The Kier molecular flexibility index (Phi) is 10.5. The van der Waals surface area contributed by atoms with Gasteiger partial charge in [0, 0.05) is 18.4 Å². The smallest absolute Gasteiger partial charge is 0.222 e. The molecule has 0 unspecified atom stereocenters. The lowest BCUT2D eigenvalue weighted by atomic mass is 10.4. The Bertz CT molecular complexity index is 226. The van der Waals surface area contributed by atoms with E-state index < -0.39 is 0 Å². The Morgan fingerprint density at radius 2 is 1.43 bits per heavy atom. The second kappa shape index (κ2) is 9.71. The number of nitrogens with zero attached hydrogens (tertiary/aromatic N) is 2. The zero-order valence-corrected chi connectivity index (χ0v) is 9.89. The van der Waals surface area contributed by atoms with E-state index in [9.17, 15) is 0 Å². The van der Waals surface area contributed by atoms with Gasteiger partial charge in [-0.15, -0.1) is 13.2 Å². The molecule has 0 amide bonds. The van der Waals surface area contributed by atoms with E-state index in [2.05, 4.69) is 28.4 Å². The average molecular weight is 195 g/mol. The van der Waals surface area contributed by atoms with E-state index in [-0.39, 0.29) is 0 Å². The topological polar surface area (TPSA) is 37.8 Å². The highest BCUT2D eigenvalue weighted by atomic mass is 15.1. The van der Waals surface area contributed by atoms with E-state index >= 15 is 0 Å². The normalized spacial score (nSPS) is 7.50. The summed E-state index contributed by atoms with van der Waals surface area (Å²) in [5.41, 5.74) is 1.99. The van der Waals surface area contributed by atoms with E-state index in [4.69, 9.17) is 0 Å². The maximum Gasteiger partial charge on any atom is 0.222 e. The summed E-state index contributed by atoms with van der Waals surface area (Å²) >= 11 is 0. The number of rotatable bonds is 1. The van der Waals surface area contributed by atoms with Gasteiger partial charge in [0.25, 0.3) is 0 Å². The van der Waals surface area contributed by atoms with Gasteiger partial charge in [-0.2, -0.15) is 0 Å². The molecule has 0 bridgehead atoms. The van der Waals surface area contributed by atoms with Gasteiger partial charge >= 0.3 is 0 Å². The summed E-state index contributed by atoms with van der Waals surface area (Å²) < 4.78 is 0. The minimum Gasteiger partial charge on any atom is -0.357 e. The van der Waals surface area contributed by atoms with Crippen LogP contribution in [0.25, 0.3) is 0 Å². The minimum absolute atomic E-state index is 0.692. The fourth-order valence-electron chi connectivity index (χ4n) is 0.838. The lowest BCUT2D eigenvalue weighted by Crippen LogP contribution is -1.98. The molecule has 0 aliphatic heterocycles. The van der Waals surface area contributed by atoms with Crippen LogP contribution in [0.5, 0.6) is 0 Å². The Hall–Kier alpha value is -1.38. The molecule has 80 valence electrons. The summed E-state index contributed by atoms with van der Waals surface area (Å²) in [6.45, 7) is 13.9. The molecule has 0 atom stereocenters. The van der Waals surface area contributed by atoms with E-state index in [0.717, 1.165) is 11.4 Å². The average Bonchev–Trinajstić information content (AvgIpc) is 2.22. The predicted molar refractivity (Wildman–Crippen MR) is 63.7 cm³/mol. The van der Waals surface area contributed by atoms with Crippen molar-refractivity contribution in [3.05, 3.63) is 30.6 Å². The van der Waals surface area contributed by atoms with Crippen molar-refractivity contribution in [3.63, 3.8) is 0 Å². The Morgan fingerprint density at radius 3 is 1.71 bits per heavy atom. The standard InChI is InChI=1S/C7H11N3.C2H6.C2H4/c1-5-4-6(2)10-7(8-3)9-5;2*1-2/h4H,1-3H3,(H,8,9,10);1-2H3;1-2H2. The molecule has 0 radical (unpaired) electrons. The maximum absolute atomic E-state index is 4.13. The first-order valence-corrected chi connectivity index (χ1v) is 4.72. The Labute approximate surface area is 87.3 Å². The van der Waals surface area contributed by atoms with Crippen molar-refractivity contribution in [2.75, 3.05) is 12.4 Å². The lowest BCUT2D eigenvalue weighted by Gasteiger charge is -1.99. The van der Waals surface area contributed by atoms with Crippen LogP contribution in [0.4, 0.5) is 5.95 Å². The predicted octanol–water partition coefficient (Wildman–Crippen LogP) is 2.96. The van der Waals surface area contributed by atoms with Crippen LogP contribution in [-0.4, -0.2) is 17.0 Å². The van der Waals surface area contributed by atoms with Gasteiger partial charge in [-0.05, 0) is 19.9 Å². The largest absolute Gasteiger partial charge is 0.357 e. The molecule has 0 saturated carbocycles. The molecule has 0 fully saturated rings. The molecule has 0 saturated heterocycles. The highest BCUT2D eigenvalue weighted by Gasteiger charge is 1.93. The molecule has 3 heteroatoms. The van der Waals surface area contributed by atoms with Gasteiger partial charge in [-0.25, -0.2) is 9.97 Å². The zero-order chi connectivity index (χ0) is 11.6. The van der Waals surface area contributed by atoms with Crippen LogP contribution in [-0.2, 0) is 0 Å².